The largest absolute Gasteiger partial charge is 0.444 e. The minimum Gasteiger partial charge on any atom is -0.444 e. The molecule has 110 valence electrons. The van der Waals surface area contributed by atoms with E-state index in [9.17, 15) is 15.0 Å². The summed E-state index contributed by atoms with van der Waals surface area (Å²) in [7, 11) is 0. The van der Waals surface area contributed by atoms with Crippen LogP contribution < -0.4 is 0 Å². The van der Waals surface area contributed by atoms with E-state index in [0.29, 0.717) is 26.2 Å². The molecule has 1 rings (SSSR count). The molecule has 6 nitrogen and oxygen atoms in total. The van der Waals surface area contributed by atoms with Gasteiger partial charge in [-0.25, -0.2) is 4.79 Å². The molecule has 2 N–H and O–H groups in total. The predicted octanol–water partition coefficient (Wildman–Crippen LogP) is 0.404. The van der Waals surface area contributed by atoms with Crippen LogP contribution in [0, 0.1) is 0 Å². The second-order valence-electron chi connectivity index (χ2n) is 5.70. The van der Waals surface area contributed by atoms with Crippen molar-refractivity contribution in [2.24, 2.45) is 0 Å². The summed E-state index contributed by atoms with van der Waals surface area (Å²) in [4.78, 5) is 15.4. The molecule has 0 radical (unpaired) electrons. The Labute approximate surface area is 114 Å². The van der Waals surface area contributed by atoms with E-state index in [1.165, 1.54) is 4.90 Å². The second-order valence-corrected chi connectivity index (χ2v) is 5.70. The number of carbonyl (C=O) groups is 1. The molecule has 0 aliphatic carbocycles. The monoisotopic (exact) mass is 272 g/mol. The first kappa shape index (κ1) is 15.9. The highest BCUT2D eigenvalue weighted by atomic mass is 16.6. The van der Waals surface area contributed by atoms with Crippen LogP contribution >= 0.6 is 0 Å². The van der Waals surface area contributed by atoms with Crippen molar-refractivity contribution in [1.29, 1.82) is 0 Å². The average molecular weight is 272 g/mol. The highest BCUT2D eigenvalue weighted by Gasteiger charge is 2.36. The summed E-state index contributed by atoms with van der Waals surface area (Å²) in [6.45, 7) is 11.1. The molecule has 0 unspecified atom stereocenters. The van der Waals surface area contributed by atoms with Crippen molar-refractivity contribution in [3.8, 4) is 0 Å². The standard InChI is InChI=1S/C13H24N2O4/c1-5-6-14-7-8-15(10(9-14)11(16)17)12(18)19-13(2,3)4/h5,10-11,16-17H,1,6-9H2,2-4H3/t10-/m1/s1. The van der Waals surface area contributed by atoms with Gasteiger partial charge >= 0.3 is 6.09 Å². The van der Waals surface area contributed by atoms with Crippen LogP contribution in [0.15, 0.2) is 12.7 Å². The fraction of sp³-hybridized carbons (Fsp3) is 0.769. The van der Waals surface area contributed by atoms with Crippen LogP contribution in [0.5, 0.6) is 0 Å². The third-order valence-corrected chi connectivity index (χ3v) is 2.86. The lowest BCUT2D eigenvalue weighted by Gasteiger charge is -2.41. The average Bonchev–Trinajstić information content (AvgIpc) is 2.26. The van der Waals surface area contributed by atoms with Gasteiger partial charge in [-0.1, -0.05) is 6.08 Å². The number of hydrogen-bond acceptors (Lipinski definition) is 5. The summed E-state index contributed by atoms with van der Waals surface area (Å²) in [6, 6.07) is -0.677. The van der Waals surface area contributed by atoms with Crippen molar-refractivity contribution in [3.05, 3.63) is 12.7 Å². The molecule has 1 aliphatic rings. The van der Waals surface area contributed by atoms with Gasteiger partial charge in [-0.3, -0.25) is 9.80 Å². The molecule has 0 spiro atoms. The molecule has 0 aromatic carbocycles. The first-order valence-corrected chi connectivity index (χ1v) is 6.43. The Kier molecular flexibility index (Phi) is 5.34. The fourth-order valence-corrected chi connectivity index (χ4v) is 2.02. The molecular weight excluding hydrogens is 248 g/mol. The van der Waals surface area contributed by atoms with Gasteiger partial charge in [-0.05, 0) is 20.8 Å². The van der Waals surface area contributed by atoms with Gasteiger partial charge in [0, 0.05) is 26.2 Å². The molecule has 0 aromatic heterocycles. The highest BCUT2D eigenvalue weighted by Crippen LogP contribution is 2.17. The summed E-state index contributed by atoms with van der Waals surface area (Å²) < 4.78 is 5.28. The molecule has 0 saturated carbocycles. The Morgan fingerprint density at radius 3 is 2.58 bits per heavy atom. The Morgan fingerprint density at radius 1 is 1.47 bits per heavy atom. The van der Waals surface area contributed by atoms with Crippen molar-refractivity contribution < 1.29 is 19.7 Å². The van der Waals surface area contributed by atoms with Gasteiger partial charge in [-0.2, -0.15) is 0 Å². The molecule has 1 aliphatic heterocycles. The number of ether oxygens (including phenoxy) is 1. The van der Waals surface area contributed by atoms with E-state index >= 15 is 0 Å². The van der Waals surface area contributed by atoms with Crippen molar-refractivity contribution in [1.82, 2.24) is 9.80 Å². The molecular formula is C13H24N2O4. The molecule has 1 heterocycles. The maximum Gasteiger partial charge on any atom is 0.410 e. The number of hydrogen-bond donors (Lipinski definition) is 2. The highest BCUT2D eigenvalue weighted by molar-refractivity contribution is 5.68. The lowest BCUT2D eigenvalue weighted by Crippen LogP contribution is -2.60. The van der Waals surface area contributed by atoms with Gasteiger partial charge in [0.25, 0.3) is 0 Å². The minimum atomic E-state index is -1.58. The topological polar surface area (TPSA) is 73.2 Å². The van der Waals surface area contributed by atoms with Gasteiger partial charge < -0.3 is 14.9 Å². The molecule has 1 atom stereocenters. The smallest absolute Gasteiger partial charge is 0.410 e. The lowest BCUT2D eigenvalue weighted by atomic mass is 10.1. The number of piperazine rings is 1. The quantitative estimate of drug-likeness (QED) is 0.575. The van der Waals surface area contributed by atoms with E-state index in [-0.39, 0.29) is 0 Å². The Bertz CT molecular complexity index is 325. The molecule has 19 heavy (non-hydrogen) atoms. The number of amides is 1. The van der Waals surface area contributed by atoms with Crippen LogP contribution in [-0.4, -0.2) is 70.2 Å². The van der Waals surface area contributed by atoms with Crippen LogP contribution in [0.25, 0.3) is 0 Å². The van der Waals surface area contributed by atoms with E-state index < -0.39 is 24.0 Å². The number of nitrogens with zero attached hydrogens (tertiary/aromatic N) is 2. The first-order valence-electron chi connectivity index (χ1n) is 6.43. The molecule has 1 saturated heterocycles. The maximum atomic E-state index is 12.0. The number of rotatable bonds is 3. The van der Waals surface area contributed by atoms with Crippen molar-refractivity contribution in [2.45, 2.75) is 38.7 Å². The van der Waals surface area contributed by atoms with Crippen LogP contribution in [-0.2, 0) is 4.74 Å². The summed E-state index contributed by atoms with van der Waals surface area (Å²) >= 11 is 0. The van der Waals surface area contributed by atoms with Crippen LogP contribution in [0.2, 0.25) is 0 Å². The zero-order valence-electron chi connectivity index (χ0n) is 11.9. The van der Waals surface area contributed by atoms with Crippen LogP contribution in [0.3, 0.4) is 0 Å². The first-order chi connectivity index (χ1) is 8.74. The Morgan fingerprint density at radius 2 is 2.11 bits per heavy atom. The molecule has 1 fully saturated rings. The van der Waals surface area contributed by atoms with E-state index in [4.69, 9.17) is 4.74 Å². The van der Waals surface area contributed by atoms with E-state index in [1.54, 1.807) is 26.8 Å². The zero-order valence-corrected chi connectivity index (χ0v) is 11.9. The Balaban J connectivity index is 2.71. The summed E-state index contributed by atoms with van der Waals surface area (Å²) in [5.74, 6) is 0. The molecule has 6 heteroatoms. The van der Waals surface area contributed by atoms with Crippen LogP contribution in [0.1, 0.15) is 20.8 Å². The summed E-state index contributed by atoms with van der Waals surface area (Å²) in [6.07, 6.45) is -0.340. The lowest BCUT2D eigenvalue weighted by molar-refractivity contribution is -0.118. The second kappa shape index (κ2) is 6.36. The molecule has 0 aromatic rings. The van der Waals surface area contributed by atoms with Crippen molar-refractivity contribution in [2.75, 3.05) is 26.2 Å². The van der Waals surface area contributed by atoms with Gasteiger partial charge in [-0.15, -0.1) is 6.58 Å². The zero-order chi connectivity index (χ0) is 14.6. The van der Waals surface area contributed by atoms with Gasteiger partial charge in [0.2, 0.25) is 0 Å². The summed E-state index contributed by atoms with van der Waals surface area (Å²) in [5, 5.41) is 18.9. The van der Waals surface area contributed by atoms with Crippen molar-refractivity contribution in [3.63, 3.8) is 0 Å². The van der Waals surface area contributed by atoms with Crippen LogP contribution in [0.4, 0.5) is 4.79 Å². The predicted molar refractivity (Wildman–Crippen MR) is 71.6 cm³/mol. The molecule has 1 amide bonds. The number of aliphatic hydroxyl groups is 2. The van der Waals surface area contributed by atoms with Gasteiger partial charge in [0.05, 0.1) is 6.04 Å². The van der Waals surface area contributed by atoms with Crippen molar-refractivity contribution >= 4 is 6.09 Å². The van der Waals surface area contributed by atoms with Gasteiger partial charge in [0.15, 0.2) is 6.29 Å². The Hall–Kier alpha value is -1.11. The summed E-state index contributed by atoms with van der Waals surface area (Å²) in [5.41, 5.74) is -0.597. The normalized spacial score (nSPS) is 21.6. The minimum absolute atomic E-state index is 0.392. The SMILES string of the molecule is C=CCN1CCN(C(=O)OC(C)(C)C)[C@@H](C(O)O)C1. The third kappa shape index (κ3) is 4.81. The van der Waals surface area contributed by atoms with Gasteiger partial charge in [0.1, 0.15) is 5.60 Å². The van der Waals surface area contributed by atoms with E-state index in [1.807, 2.05) is 4.90 Å². The third-order valence-electron chi connectivity index (χ3n) is 2.86. The maximum absolute atomic E-state index is 12.0. The van der Waals surface area contributed by atoms with E-state index in [0.717, 1.165) is 0 Å². The van der Waals surface area contributed by atoms with E-state index in [2.05, 4.69) is 6.58 Å². The fourth-order valence-electron chi connectivity index (χ4n) is 2.02. The number of aliphatic hydroxyl groups excluding tert-OH is 1. The molecule has 0 bridgehead atoms. The number of carbonyl (C=O) groups excluding carboxylic acids is 1.